The summed E-state index contributed by atoms with van der Waals surface area (Å²) >= 11 is 0. The maximum absolute atomic E-state index is 13.5. The molecule has 0 radical (unpaired) electrons. The lowest BCUT2D eigenvalue weighted by atomic mass is 9.91. The zero-order chi connectivity index (χ0) is 33.4. The number of aromatic nitrogens is 1. The van der Waals surface area contributed by atoms with Crippen molar-refractivity contribution in [2.24, 2.45) is 11.8 Å². The number of pyridine rings is 1. The molecule has 242 valence electrons. The van der Waals surface area contributed by atoms with E-state index >= 15 is 0 Å². The lowest BCUT2D eigenvalue weighted by Gasteiger charge is -2.29. The smallest absolute Gasteiger partial charge is 0.344 e. The molecule has 2 heterocycles. The van der Waals surface area contributed by atoms with Crippen molar-refractivity contribution in [2.75, 3.05) is 13.7 Å². The molecule has 1 amide bonds. The lowest BCUT2D eigenvalue weighted by Crippen LogP contribution is -2.47. The second-order valence-electron chi connectivity index (χ2n) is 11.0. The van der Waals surface area contributed by atoms with Crippen LogP contribution in [0.5, 0.6) is 11.5 Å². The zero-order valence-electron chi connectivity index (χ0n) is 26.2. The maximum Gasteiger partial charge on any atom is 0.344 e. The molecule has 46 heavy (non-hydrogen) atoms. The second-order valence-corrected chi connectivity index (χ2v) is 11.0. The summed E-state index contributed by atoms with van der Waals surface area (Å²) in [6.45, 7) is 5.92. The standard InChI is InChI=1S/C34H36N2O10/c1-19(2)31(38)45-28-21(4)44-34(41)25(18-43-32(39)24(28)17-22-12-7-6-8-13-22)36-30(37)27-29(26(42-5)15-16-35-27)46-33(40)23-14-10-9-11-20(23)3/h6-16,19,21,24-25,28H,17-18H2,1-5H3,(H,36,37)/t21-,24+,25?,28?/m0/s1. The van der Waals surface area contributed by atoms with E-state index in [1.165, 1.54) is 26.3 Å². The highest BCUT2D eigenvalue weighted by Crippen LogP contribution is 2.31. The normalized spacial score (nSPS) is 19.9. The van der Waals surface area contributed by atoms with Crippen LogP contribution in [-0.4, -0.2) is 66.7 Å². The number of nitrogens with zero attached hydrogens (tertiary/aromatic N) is 1. The molecule has 1 aliphatic heterocycles. The van der Waals surface area contributed by atoms with Crippen LogP contribution in [0.2, 0.25) is 0 Å². The van der Waals surface area contributed by atoms with Gasteiger partial charge in [-0.2, -0.15) is 0 Å². The third-order valence-corrected chi connectivity index (χ3v) is 7.33. The number of rotatable bonds is 9. The van der Waals surface area contributed by atoms with Gasteiger partial charge in [-0.25, -0.2) is 14.6 Å². The molecule has 0 spiro atoms. The van der Waals surface area contributed by atoms with Gasteiger partial charge in [0.15, 0.2) is 23.6 Å². The molecule has 1 N–H and O–H groups in total. The average Bonchev–Trinajstić information content (AvgIpc) is 3.07. The fourth-order valence-electron chi connectivity index (χ4n) is 4.78. The highest BCUT2D eigenvalue weighted by atomic mass is 16.6. The molecule has 3 aromatic rings. The van der Waals surface area contributed by atoms with Crippen LogP contribution >= 0.6 is 0 Å². The molecule has 4 rings (SSSR count). The highest BCUT2D eigenvalue weighted by molar-refractivity contribution is 6.00. The van der Waals surface area contributed by atoms with Crippen LogP contribution in [0, 0.1) is 18.8 Å². The van der Waals surface area contributed by atoms with Gasteiger partial charge in [-0.15, -0.1) is 0 Å². The van der Waals surface area contributed by atoms with Crippen LogP contribution in [0.4, 0.5) is 0 Å². The number of esters is 4. The van der Waals surface area contributed by atoms with Crippen molar-refractivity contribution >= 4 is 29.8 Å². The number of hydrogen-bond donors (Lipinski definition) is 1. The first-order chi connectivity index (χ1) is 22.0. The fraction of sp³-hybridized carbons (Fsp3) is 0.353. The minimum Gasteiger partial charge on any atom is -0.493 e. The Bertz CT molecular complexity index is 1590. The highest BCUT2D eigenvalue weighted by Gasteiger charge is 2.42. The van der Waals surface area contributed by atoms with Gasteiger partial charge in [0, 0.05) is 12.3 Å². The second kappa shape index (κ2) is 15.2. The summed E-state index contributed by atoms with van der Waals surface area (Å²) in [5.41, 5.74) is 1.32. The number of methoxy groups -OCH3 is 1. The Balaban J connectivity index is 1.60. The molecule has 1 aliphatic rings. The summed E-state index contributed by atoms with van der Waals surface area (Å²) in [5, 5.41) is 2.47. The maximum atomic E-state index is 13.5. The number of benzene rings is 2. The van der Waals surface area contributed by atoms with Gasteiger partial charge in [0.05, 0.1) is 18.6 Å². The summed E-state index contributed by atoms with van der Waals surface area (Å²) in [7, 11) is 1.33. The molecule has 12 heteroatoms. The van der Waals surface area contributed by atoms with Gasteiger partial charge in [-0.1, -0.05) is 62.4 Å². The van der Waals surface area contributed by atoms with Crippen molar-refractivity contribution < 1.29 is 47.7 Å². The van der Waals surface area contributed by atoms with Gasteiger partial charge in [-0.05, 0) is 37.5 Å². The van der Waals surface area contributed by atoms with E-state index in [2.05, 4.69) is 10.3 Å². The third kappa shape index (κ3) is 8.06. The van der Waals surface area contributed by atoms with Crippen molar-refractivity contribution in [3.8, 4) is 11.5 Å². The third-order valence-electron chi connectivity index (χ3n) is 7.33. The van der Waals surface area contributed by atoms with Crippen molar-refractivity contribution in [3.05, 3.63) is 89.2 Å². The van der Waals surface area contributed by atoms with Crippen LogP contribution < -0.4 is 14.8 Å². The molecule has 2 unspecified atom stereocenters. The summed E-state index contributed by atoms with van der Waals surface area (Å²) < 4.78 is 27.8. The number of hydrogen-bond acceptors (Lipinski definition) is 11. The van der Waals surface area contributed by atoms with E-state index in [1.54, 1.807) is 57.2 Å². The van der Waals surface area contributed by atoms with Crippen LogP contribution in [0.25, 0.3) is 0 Å². The molecular formula is C34H36N2O10. The van der Waals surface area contributed by atoms with Gasteiger partial charge in [0.2, 0.25) is 5.75 Å². The molecular weight excluding hydrogens is 596 g/mol. The Morgan fingerprint density at radius 2 is 1.70 bits per heavy atom. The van der Waals surface area contributed by atoms with Crippen LogP contribution in [0.3, 0.4) is 0 Å². The van der Waals surface area contributed by atoms with Gasteiger partial charge in [0.1, 0.15) is 18.6 Å². The Kier molecular flexibility index (Phi) is 11.1. The number of cyclic esters (lactones) is 2. The first-order valence-electron chi connectivity index (χ1n) is 14.7. The predicted octanol–water partition coefficient (Wildman–Crippen LogP) is 3.63. The van der Waals surface area contributed by atoms with Crippen LogP contribution in [-0.2, 0) is 35.0 Å². The van der Waals surface area contributed by atoms with E-state index < -0.39 is 66.5 Å². The quantitative estimate of drug-likeness (QED) is 0.271. The average molecular weight is 633 g/mol. The van der Waals surface area contributed by atoms with E-state index in [4.69, 9.17) is 23.7 Å². The summed E-state index contributed by atoms with van der Waals surface area (Å²) in [5.74, 6) is -5.73. The number of aryl methyl sites for hydroxylation is 1. The number of amides is 1. The van der Waals surface area contributed by atoms with Crippen molar-refractivity contribution in [1.29, 1.82) is 0 Å². The van der Waals surface area contributed by atoms with Gasteiger partial charge >= 0.3 is 23.9 Å². The summed E-state index contributed by atoms with van der Waals surface area (Å²) in [4.78, 5) is 70.1. The number of nitrogens with one attached hydrogen (secondary N) is 1. The first kappa shape index (κ1) is 33.6. The predicted molar refractivity (Wildman–Crippen MR) is 163 cm³/mol. The van der Waals surface area contributed by atoms with E-state index in [1.807, 2.05) is 18.2 Å². The van der Waals surface area contributed by atoms with Gasteiger partial charge in [0.25, 0.3) is 5.91 Å². The largest absolute Gasteiger partial charge is 0.493 e. The fourth-order valence-corrected chi connectivity index (χ4v) is 4.78. The van der Waals surface area contributed by atoms with Crippen LogP contribution in [0.1, 0.15) is 52.7 Å². The van der Waals surface area contributed by atoms with Crippen molar-refractivity contribution in [3.63, 3.8) is 0 Å². The van der Waals surface area contributed by atoms with E-state index in [0.717, 1.165) is 5.56 Å². The molecule has 0 aliphatic carbocycles. The zero-order valence-corrected chi connectivity index (χ0v) is 26.2. The van der Waals surface area contributed by atoms with Gasteiger partial charge < -0.3 is 29.0 Å². The number of carbonyl (C=O) groups excluding carboxylic acids is 5. The van der Waals surface area contributed by atoms with Crippen LogP contribution in [0.15, 0.2) is 66.9 Å². The Hall–Kier alpha value is -5.26. The minimum atomic E-state index is -1.48. The molecule has 1 fully saturated rings. The Labute approximate surface area is 266 Å². The van der Waals surface area contributed by atoms with Gasteiger partial charge in [-0.3, -0.25) is 14.4 Å². The molecule has 1 aromatic heterocycles. The molecule has 0 saturated carbocycles. The molecule has 4 atom stereocenters. The first-order valence-corrected chi connectivity index (χ1v) is 14.7. The van der Waals surface area contributed by atoms with Crippen molar-refractivity contribution in [1.82, 2.24) is 10.3 Å². The van der Waals surface area contributed by atoms with Crippen molar-refractivity contribution in [2.45, 2.75) is 52.4 Å². The van der Waals surface area contributed by atoms with E-state index in [9.17, 15) is 24.0 Å². The molecule has 2 aromatic carbocycles. The molecule has 12 nitrogen and oxygen atoms in total. The summed E-state index contributed by atoms with van der Waals surface area (Å²) in [6.07, 6.45) is -0.856. The summed E-state index contributed by atoms with van der Waals surface area (Å²) in [6, 6.07) is 15.7. The minimum absolute atomic E-state index is 0.0396. The van der Waals surface area contributed by atoms with E-state index in [-0.39, 0.29) is 29.2 Å². The SMILES string of the molecule is COc1ccnc(C(=O)NC2COC(=O)[C@H](Cc3ccccc3)C(OC(=O)C(C)C)[C@H](C)OC2=O)c1OC(=O)c1ccccc1C. The molecule has 0 bridgehead atoms. The topological polar surface area (TPSA) is 156 Å². The monoisotopic (exact) mass is 632 g/mol. The lowest BCUT2D eigenvalue weighted by molar-refractivity contribution is -0.176. The van der Waals surface area contributed by atoms with E-state index in [0.29, 0.717) is 5.56 Å². The molecule has 1 saturated heterocycles. The number of ether oxygens (including phenoxy) is 5. The Morgan fingerprint density at radius 1 is 1.00 bits per heavy atom. The Morgan fingerprint density at radius 3 is 2.37 bits per heavy atom. The number of carbonyl (C=O) groups is 5.